The Labute approximate surface area is 145 Å². The van der Waals surface area contributed by atoms with Crippen molar-refractivity contribution < 1.29 is 18.3 Å². The molecule has 1 atom stereocenters. The first-order valence-corrected chi connectivity index (χ1v) is 10.1. The van der Waals surface area contributed by atoms with Crippen LogP contribution in [0.5, 0.6) is 0 Å². The van der Waals surface area contributed by atoms with Crippen LogP contribution in [-0.2, 0) is 21.2 Å². The molecule has 0 spiro atoms. The van der Waals surface area contributed by atoms with E-state index in [9.17, 15) is 18.3 Å². The molecule has 24 heavy (non-hydrogen) atoms. The largest absolute Gasteiger partial charge is 0.480 e. The molecule has 0 saturated heterocycles. The lowest BCUT2D eigenvalue weighted by Crippen LogP contribution is -2.41. The average Bonchev–Trinajstić information content (AvgIpc) is 2.50. The first-order chi connectivity index (χ1) is 11.3. The molecule has 2 N–H and O–H groups in total. The van der Waals surface area contributed by atoms with Crippen molar-refractivity contribution >= 4 is 16.0 Å². The summed E-state index contributed by atoms with van der Waals surface area (Å²) in [6.07, 6.45) is 5.84. The first-order valence-electron chi connectivity index (χ1n) is 8.60. The number of sulfonamides is 1. The number of hydrogen-bond acceptors (Lipinski definition) is 3. The molecule has 136 valence electrons. The zero-order valence-electron chi connectivity index (χ0n) is 14.8. The van der Waals surface area contributed by atoms with E-state index in [2.05, 4.69) is 11.6 Å². The van der Waals surface area contributed by atoms with Gasteiger partial charge in [0.2, 0.25) is 10.0 Å². The van der Waals surface area contributed by atoms with Crippen molar-refractivity contribution in [2.24, 2.45) is 5.92 Å². The third-order valence-corrected chi connectivity index (χ3v) is 5.34. The highest BCUT2D eigenvalue weighted by Gasteiger charge is 2.25. The quantitative estimate of drug-likeness (QED) is 0.594. The second-order valence-corrected chi connectivity index (χ2v) is 8.31. The SMILES string of the molecule is CCCCCCc1ccc(S(=O)(=O)NC(CC(C)C)C(=O)O)cc1. The Morgan fingerprint density at radius 2 is 1.75 bits per heavy atom. The van der Waals surface area contributed by atoms with Gasteiger partial charge in [0.05, 0.1) is 4.90 Å². The first kappa shape index (κ1) is 20.6. The van der Waals surface area contributed by atoms with Crippen molar-refractivity contribution in [3.8, 4) is 0 Å². The number of carboxylic acids is 1. The van der Waals surface area contributed by atoms with Gasteiger partial charge in [0.1, 0.15) is 6.04 Å². The number of benzene rings is 1. The third-order valence-electron chi connectivity index (χ3n) is 3.86. The van der Waals surface area contributed by atoms with Crippen LogP contribution < -0.4 is 4.72 Å². The minimum atomic E-state index is -3.83. The highest BCUT2D eigenvalue weighted by molar-refractivity contribution is 7.89. The zero-order chi connectivity index (χ0) is 18.2. The zero-order valence-corrected chi connectivity index (χ0v) is 15.6. The fourth-order valence-electron chi connectivity index (χ4n) is 2.52. The molecule has 0 fully saturated rings. The van der Waals surface area contributed by atoms with Crippen LogP contribution in [0.4, 0.5) is 0 Å². The molecule has 1 unspecified atom stereocenters. The van der Waals surface area contributed by atoms with Crippen LogP contribution >= 0.6 is 0 Å². The van der Waals surface area contributed by atoms with Gasteiger partial charge in [-0.25, -0.2) is 8.42 Å². The van der Waals surface area contributed by atoms with Crippen LogP contribution in [0.1, 0.15) is 58.4 Å². The standard InChI is InChI=1S/C18H29NO4S/c1-4-5-6-7-8-15-9-11-16(12-10-15)24(22,23)19-17(18(20)21)13-14(2)3/h9-12,14,17,19H,4-8,13H2,1-3H3,(H,20,21). The minimum absolute atomic E-state index is 0.0827. The van der Waals surface area contributed by atoms with Gasteiger partial charge in [-0.15, -0.1) is 0 Å². The monoisotopic (exact) mass is 355 g/mol. The summed E-state index contributed by atoms with van der Waals surface area (Å²) in [6, 6.07) is 5.60. The molecule has 0 aliphatic heterocycles. The van der Waals surface area contributed by atoms with E-state index in [1.54, 1.807) is 24.3 Å². The molecule has 0 aliphatic carbocycles. The molecule has 0 bridgehead atoms. The number of hydrogen-bond donors (Lipinski definition) is 2. The van der Waals surface area contributed by atoms with Crippen molar-refractivity contribution in [2.75, 3.05) is 0 Å². The summed E-state index contributed by atoms with van der Waals surface area (Å²) in [7, 11) is -3.83. The lowest BCUT2D eigenvalue weighted by Gasteiger charge is -2.16. The predicted octanol–water partition coefficient (Wildman–Crippen LogP) is 3.59. The van der Waals surface area contributed by atoms with E-state index in [-0.39, 0.29) is 17.2 Å². The Morgan fingerprint density at radius 1 is 1.12 bits per heavy atom. The highest BCUT2D eigenvalue weighted by Crippen LogP contribution is 2.15. The second-order valence-electron chi connectivity index (χ2n) is 6.60. The van der Waals surface area contributed by atoms with Crippen molar-refractivity contribution in [3.05, 3.63) is 29.8 Å². The van der Waals surface area contributed by atoms with Crippen LogP contribution in [0.25, 0.3) is 0 Å². The summed E-state index contributed by atoms with van der Waals surface area (Å²) in [5.41, 5.74) is 1.10. The number of nitrogens with one attached hydrogen (secondary N) is 1. The van der Waals surface area contributed by atoms with Crippen LogP contribution in [0.3, 0.4) is 0 Å². The van der Waals surface area contributed by atoms with Crippen LogP contribution in [0.15, 0.2) is 29.2 Å². The molecule has 0 aromatic heterocycles. The van der Waals surface area contributed by atoms with Gasteiger partial charge in [0.25, 0.3) is 0 Å². The fraction of sp³-hybridized carbons (Fsp3) is 0.611. The molecule has 0 saturated carbocycles. The molecule has 0 radical (unpaired) electrons. The number of carboxylic acid groups (broad SMARTS) is 1. The van der Waals surface area contributed by atoms with Gasteiger partial charge in [0, 0.05) is 0 Å². The topological polar surface area (TPSA) is 83.5 Å². The normalized spacial score (nSPS) is 13.2. The average molecular weight is 356 g/mol. The van der Waals surface area contributed by atoms with Gasteiger partial charge in [-0.05, 0) is 42.9 Å². The van der Waals surface area contributed by atoms with Crippen molar-refractivity contribution in [2.45, 2.75) is 70.2 Å². The van der Waals surface area contributed by atoms with Crippen LogP contribution in [-0.4, -0.2) is 25.5 Å². The summed E-state index contributed by atoms with van der Waals surface area (Å²) >= 11 is 0. The van der Waals surface area contributed by atoms with E-state index in [4.69, 9.17) is 0 Å². The highest BCUT2D eigenvalue weighted by atomic mass is 32.2. The van der Waals surface area contributed by atoms with E-state index >= 15 is 0 Å². The number of rotatable bonds is 11. The number of carbonyl (C=O) groups is 1. The summed E-state index contributed by atoms with van der Waals surface area (Å²) < 4.78 is 27.0. The lowest BCUT2D eigenvalue weighted by molar-refractivity contribution is -0.139. The van der Waals surface area contributed by atoms with Gasteiger partial charge in [0.15, 0.2) is 0 Å². The van der Waals surface area contributed by atoms with E-state index < -0.39 is 22.0 Å². The van der Waals surface area contributed by atoms with Gasteiger partial charge < -0.3 is 5.11 Å². The Kier molecular flexibility index (Phi) is 8.42. The molecule has 1 aromatic carbocycles. The molecule has 0 amide bonds. The summed E-state index contributed by atoms with van der Waals surface area (Å²) in [5, 5.41) is 9.19. The van der Waals surface area contributed by atoms with Crippen LogP contribution in [0.2, 0.25) is 0 Å². The molecule has 1 aromatic rings. The van der Waals surface area contributed by atoms with Gasteiger partial charge >= 0.3 is 5.97 Å². The lowest BCUT2D eigenvalue weighted by atomic mass is 10.1. The molecule has 6 heteroatoms. The Balaban J connectivity index is 2.74. The van der Waals surface area contributed by atoms with Crippen LogP contribution in [0, 0.1) is 5.92 Å². The molecular formula is C18H29NO4S. The fourth-order valence-corrected chi connectivity index (χ4v) is 3.72. The Morgan fingerprint density at radius 3 is 2.25 bits per heavy atom. The smallest absolute Gasteiger partial charge is 0.321 e. The predicted molar refractivity (Wildman–Crippen MR) is 95.5 cm³/mol. The van der Waals surface area contributed by atoms with E-state index in [1.165, 1.54) is 19.3 Å². The molecular weight excluding hydrogens is 326 g/mol. The van der Waals surface area contributed by atoms with E-state index in [0.717, 1.165) is 18.4 Å². The second kappa shape index (κ2) is 9.79. The number of aryl methyl sites for hydroxylation is 1. The number of aliphatic carboxylic acids is 1. The maximum absolute atomic E-state index is 12.4. The number of unbranched alkanes of at least 4 members (excludes halogenated alkanes) is 3. The Hall–Kier alpha value is -1.40. The molecule has 1 rings (SSSR count). The maximum Gasteiger partial charge on any atom is 0.321 e. The summed E-state index contributed by atoms with van der Waals surface area (Å²) in [5.74, 6) is -1.07. The third kappa shape index (κ3) is 7.01. The molecule has 5 nitrogen and oxygen atoms in total. The Bertz CT molecular complexity index is 608. The summed E-state index contributed by atoms with van der Waals surface area (Å²) in [4.78, 5) is 11.3. The minimum Gasteiger partial charge on any atom is -0.480 e. The van der Waals surface area contributed by atoms with E-state index in [0.29, 0.717) is 0 Å². The van der Waals surface area contributed by atoms with Crippen molar-refractivity contribution in [3.63, 3.8) is 0 Å². The van der Waals surface area contributed by atoms with E-state index in [1.807, 2.05) is 13.8 Å². The van der Waals surface area contributed by atoms with Crippen molar-refractivity contribution in [1.29, 1.82) is 0 Å². The van der Waals surface area contributed by atoms with Gasteiger partial charge in [-0.1, -0.05) is 52.2 Å². The van der Waals surface area contributed by atoms with Gasteiger partial charge in [-0.2, -0.15) is 4.72 Å². The maximum atomic E-state index is 12.4. The van der Waals surface area contributed by atoms with Gasteiger partial charge in [-0.3, -0.25) is 4.79 Å². The molecule has 0 heterocycles. The van der Waals surface area contributed by atoms with Crippen molar-refractivity contribution in [1.82, 2.24) is 4.72 Å². The summed E-state index contributed by atoms with van der Waals surface area (Å²) in [6.45, 7) is 5.88. The molecule has 0 aliphatic rings.